The van der Waals surface area contributed by atoms with Gasteiger partial charge in [0.2, 0.25) is 11.8 Å². The molecule has 0 saturated heterocycles. The number of hydrogen-bond acceptors (Lipinski definition) is 4. The molecule has 6 heteroatoms. The Labute approximate surface area is 125 Å². The number of aromatic nitrogens is 1. The molecule has 116 valence electrons. The first-order chi connectivity index (χ1) is 10.2. The second-order valence-electron chi connectivity index (χ2n) is 4.84. The average molecular weight is 292 g/mol. The van der Waals surface area contributed by atoms with Crippen LogP contribution >= 0.6 is 0 Å². The molecule has 0 aliphatic rings. The highest BCUT2D eigenvalue weighted by molar-refractivity contribution is 5.91. The van der Waals surface area contributed by atoms with Crippen molar-refractivity contribution >= 4 is 17.5 Å². The molecule has 6 nitrogen and oxygen atoms in total. The van der Waals surface area contributed by atoms with Gasteiger partial charge in [0.25, 0.3) is 0 Å². The van der Waals surface area contributed by atoms with Crippen molar-refractivity contribution in [3.05, 3.63) is 24.5 Å². The van der Waals surface area contributed by atoms with E-state index in [1.54, 1.807) is 24.5 Å². The predicted octanol–water partition coefficient (Wildman–Crippen LogP) is 1.44. The van der Waals surface area contributed by atoms with E-state index in [2.05, 4.69) is 15.6 Å². The minimum Gasteiger partial charge on any atom is -0.356 e. The Morgan fingerprint density at radius 1 is 1.00 bits per heavy atom. The number of carbonyl (C=O) groups excluding carboxylic acids is 2. The van der Waals surface area contributed by atoms with Crippen LogP contribution in [0, 0.1) is 0 Å². The summed E-state index contributed by atoms with van der Waals surface area (Å²) in [4.78, 5) is 27.0. The summed E-state index contributed by atoms with van der Waals surface area (Å²) >= 11 is 0. The van der Waals surface area contributed by atoms with Gasteiger partial charge in [0.1, 0.15) is 0 Å². The summed E-state index contributed by atoms with van der Waals surface area (Å²) in [6.45, 7) is 1.07. The first-order valence-corrected chi connectivity index (χ1v) is 7.39. The van der Waals surface area contributed by atoms with Crippen LogP contribution in [0.2, 0.25) is 0 Å². The number of unbranched alkanes of at least 4 members (excludes halogenated alkanes) is 3. The number of carbonyl (C=O) groups is 2. The Morgan fingerprint density at radius 3 is 2.43 bits per heavy atom. The molecule has 0 atom stereocenters. The Balaban J connectivity index is 2.04. The number of nitrogens with two attached hydrogens (primary N) is 1. The van der Waals surface area contributed by atoms with E-state index < -0.39 is 0 Å². The van der Waals surface area contributed by atoms with Crippen LogP contribution in [-0.2, 0) is 9.59 Å². The van der Waals surface area contributed by atoms with Crippen LogP contribution in [0.1, 0.15) is 38.5 Å². The zero-order chi connectivity index (χ0) is 15.3. The van der Waals surface area contributed by atoms with Crippen molar-refractivity contribution in [1.29, 1.82) is 0 Å². The molecule has 0 fully saturated rings. The third kappa shape index (κ3) is 8.75. The SMILES string of the molecule is NCCCCCCC(=O)NCCC(=O)Nc1ccncc1. The second kappa shape index (κ2) is 10.8. The van der Waals surface area contributed by atoms with Crippen LogP contribution in [0.4, 0.5) is 5.69 Å². The van der Waals surface area contributed by atoms with E-state index in [0.717, 1.165) is 25.7 Å². The molecule has 0 aliphatic carbocycles. The van der Waals surface area contributed by atoms with Gasteiger partial charge in [-0.1, -0.05) is 12.8 Å². The van der Waals surface area contributed by atoms with Crippen LogP contribution in [0.25, 0.3) is 0 Å². The quantitative estimate of drug-likeness (QED) is 0.568. The topological polar surface area (TPSA) is 97.1 Å². The van der Waals surface area contributed by atoms with Crippen molar-refractivity contribution in [2.45, 2.75) is 38.5 Å². The zero-order valence-electron chi connectivity index (χ0n) is 12.3. The fourth-order valence-electron chi connectivity index (χ4n) is 1.85. The smallest absolute Gasteiger partial charge is 0.226 e. The number of nitrogens with zero attached hydrogens (tertiary/aromatic N) is 1. The number of pyridine rings is 1. The second-order valence-corrected chi connectivity index (χ2v) is 4.84. The van der Waals surface area contributed by atoms with Crippen LogP contribution in [0.15, 0.2) is 24.5 Å². The van der Waals surface area contributed by atoms with E-state index in [1.807, 2.05) is 0 Å². The minimum atomic E-state index is -0.121. The average Bonchev–Trinajstić information content (AvgIpc) is 2.48. The summed E-state index contributed by atoms with van der Waals surface area (Å²) in [5, 5.41) is 5.49. The van der Waals surface area contributed by atoms with E-state index in [0.29, 0.717) is 25.2 Å². The Bertz CT molecular complexity index is 423. The van der Waals surface area contributed by atoms with Gasteiger partial charge in [0.05, 0.1) is 0 Å². The Hall–Kier alpha value is -1.95. The molecular weight excluding hydrogens is 268 g/mol. The molecule has 1 heterocycles. The monoisotopic (exact) mass is 292 g/mol. The maximum Gasteiger partial charge on any atom is 0.226 e. The lowest BCUT2D eigenvalue weighted by atomic mass is 10.1. The van der Waals surface area contributed by atoms with Gasteiger partial charge in [-0.05, 0) is 31.5 Å². The van der Waals surface area contributed by atoms with Gasteiger partial charge in [0, 0.05) is 37.5 Å². The molecule has 0 saturated carbocycles. The highest BCUT2D eigenvalue weighted by Gasteiger charge is 2.04. The summed E-state index contributed by atoms with van der Waals surface area (Å²) in [6.07, 6.45) is 7.97. The normalized spacial score (nSPS) is 10.1. The first-order valence-electron chi connectivity index (χ1n) is 7.39. The van der Waals surface area contributed by atoms with Crippen molar-refractivity contribution in [3.63, 3.8) is 0 Å². The lowest BCUT2D eigenvalue weighted by molar-refractivity contribution is -0.121. The van der Waals surface area contributed by atoms with Gasteiger partial charge in [-0.2, -0.15) is 0 Å². The molecule has 0 unspecified atom stereocenters. The number of hydrogen-bond donors (Lipinski definition) is 3. The molecule has 0 radical (unpaired) electrons. The number of nitrogens with one attached hydrogen (secondary N) is 2. The van der Waals surface area contributed by atoms with Crippen molar-refractivity contribution in [3.8, 4) is 0 Å². The molecule has 1 rings (SSSR count). The zero-order valence-corrected chi connectivity index (χ0v) is 12.3. The highest BCUT2D eigenvalue weighted by atomic mass is 16.2. The Morgan fingerprint density at radius 2 is 1.71 bits per heavy atom. The largest absolute Gasteiger partial charge is 0.356 e. The molecule has 0 aromatic carbocycles. The summed E-state index contributed by atoms with van der Waals surface area (Å²) in [5.74, 6) is -0.121. The van der Waals surface area contributed by atoms with Gasteiger partial charge in [-0.25, -0.2) is 0 Å². The maximum absolute atomic E-state index is 11.6. The molecule has 2 amide bonds. The minimum absolute atomic E-state index is 0.000500. The molecule has 0 aliphatic heterocycles. The van der Waals surface area contributed by atoms with Crippen molar-refractivity contribution in [2.75, 3.05) is 18.4 Å². The molecule has 1 aromatic heterocycles. The van der Waals surface area contributed by atoms with Crippen LogP contribution in [-0.4, -0.2) is 29.9 Å². The summed E-state index contributed by atoms with van der Waals surface area (Å²) in [6, 6.07) is 3.44. The summed E-state index contributed by atoms with van der Waals surface area (Å²) in [7, 11) is 0. The maximum atomic E-state index is 11.6. The summed E-state index contributed by atoms with van der Waals surface area (Å²) in [5.41, 5.74) is 6.11. The van der Waals surface area contributed by atoms with E-state index in [9.17, 15) is 9.59 Å². The standard InChI is InChI=1S/C15H24N4O2/c16-9-4-2-1-3-5-14(20)18-12-8-15(21)19-13-6-10-17-11-7-13/h6-7,10-11H,1-5,8-9,12,16H2,(H,18,20)(H,17,19,21). The van der Waals surface area contributed by atoms with Gasteiger partial charge in [0.15, 0.2) is 0 Å². The third-order valence-electron chi connectivity index (χ3n) is 3.00. The van der Waals surface area contributed by atoms with Gasteiger partial charge in [-0.15, -0.1) is 0 Å². The molecule has 1 aromatic rings. The molecule has 0 spiro atoms. The van der Waals surface area contributed by atoms with E-state index in [-0.39, 0.29) is 18.2 Å². The van der Waals surface area contributed by atoms with Crippen molar-refractivity contribution in [1.82, 2.24) is 10.3 Å². The summed E-state index contributed by atoms with van der Waals surface area (Å²) < 4.78 is 0. The molecule has 0 bridgehead atoms. The lowest BCUT2D eigenvalue weighted by Crippen LogP contribution is -2.27. The van der Waals surface area contributed by atoms with Crippen molar-refractivity contribution < 1.29 is 9.59 Å². The Kier molecular flexibility index (Phi) is 8.79. The van der Waals surface area contributed by atoms with Gasteiger partial charge in [-0.3, -0.25) is 14.6 Å². The van der Waals surface area contributed by atoms with Crippen molar-refractivity contribution in [2.24, 2.45) is 5.73 Å². The third-order valence-corrected chi connectivity index (χ3v) is 3.00. The highest BCUT2D eigenvalue weighted by Crippen LogP contribution is 2.04. The molecule has 21 heavy (non-hydrogen) atoms. The lowest BCUT2D eigenvalue weighted by Gasteiger charge is -2.06. The molecule has 4 N–H and O–H groups in total. The van der Waals surface area contributed by atoms with Crippen LogP contribution in [0.5, 0.6) is 0 Å². The van der Waals surface area contributed by atoms with E-state index in [1.165, 1.54) is 0 Å². The number of anilines is 1. The number of rotatable bonds is 10. The fourth-order valence-corrected chi connectivity index (χ4v) is 1.85. The van der Waals surface area contributed by atoms with Crippen LogP contribution < -0.4 is 16.4 Å². The van der Waals surface area contributed by atoms with Gasteiger partial charge < -0.3 is 16.4 Å². The number of amides is 2. The van der Waals surface area contributed by atoms with Gasteiger partial charge >= 0.3 is 0 Å². The fraction of sp³-hybridized carbons (Fsp3) is 0.533. The predicted molar refractivity (Wildman–Crippen MR) is 82.6 cm³/mol. The first kappa shape index (κ1) is 17.1. The van der Waals surface area contributed by atoms with E-state index in [4.69, 9.17) is 5.73 Å². The van der Waals surface area contributed by atoms with Crippen LogP contribution in [0.3, 0.4) is 0 Å². The van der Waals surface area contributed by atoms with E-state index >= 15 is 0 Å². The molecular formula is C15H24N4O2.